The number of hydrogen-bond acceptors (Lipinski definition) is 4. The third-order valence-electron chi connectivity index (χ3n) is 2.82. The van der Waals surface area contributed by atoms with E-state index in [1.54, 1.807) is 17.9 Å². The molecule has 6 nitrogen and oxygen atoms in total. The van der Waals surface area contributed by atoms with Crippen LogP contribution in [0.15, 0.2) is 10.7 Å². The standard InChI is InChI=1S/C11H17BrN4O2/c1-15-8-9(12)10(14-15)11(17)13-2-3-16-4-6-18-7-5-16/h8H,2-7H2,1H3,(H,13,17). The second-order valence-electron chi connectivity index (χ2n) is 4.21. The summed E-state index contributed by atoms with van der Waals surface area (Å²) in [5.41, 5.74) is 0.430. The molecule has 2 rings (SSSR count). The molecule has 1 aliphatic heterocycles. The first-order valence-corrected chi connectivity index (χ1v) is 6.73. The van der Waals surface area contributed by atoms with Crippen LogP contribution in [-0.4, -0.2) is 60.0 Å². The zero-order valence-electron chi connectivity index (χ0n) is 10.4. The maximum absolute atomic E-state index is 11.9. The van der Waals surface area contributed by atoms with Gasteiger partial charge in [0.1, 0.15) is 0 Å². The van der Waals surface area contributed by atoms with Gasteiger partial charge in [-0.15, -0.1) is 0 Å². The highest BCUT2D eigenvalue weighted by Gasteiger charge is 2.15. The number of hydrogen-bond donors (Lipinski definition) is 1. The zero-order valence-corrected chi connectivity index (χ0v) is 11.9. The molecule has 1 aliphatic rings. The van der Waals surface area contributed by atoms with Gasteiger partial charge in [0.25, 0.3) is 5.91 Å². The highest BCUT2D eigenvalue weighted by atomic mass is 79.9. The van der Waals surface area contributed by atoms with Gasteiger partial charge in [0.05, 0.1) is 17.7 Å². The average Bonchev–Trinajstić information content (AvgIpc) is 2.70. The fourth-order valence-corrected chi connectivity index (χ4v) is 2.41. The van der Waals surface area contributed by atoms with Crippen molar-refractivity contribution in [3.05, 3.63) is 16.4 Å². The predicted octanol–water partition coefficient (Wildman–Crippen LogP) is 0.245. The zero-order chi connectivity index (χ0) is 13.0. The molecular weight excluding hydrogens is 300 g/mol. The lowest BCUT2D eigenvalue weighted by molar-refractivity contribution is 0.0383. The number of aromatic nitrogens is 2. The van der Waals surface area contributed by atoms with Crippen molar-refractivity contribution in [1.82, 2.24) is 20.0 Å². The Morgan fingerprint density at radius 2 is 2.28 bits per heavy atom. The van der Waals surface area contributed by atoms with E-state index in [9.17, 15) is 4.79 Å². The molecule has 0 bridgehead atoms. The molecular formula is C11H17BrN4O2. The Balaban J connectivity index is 1.76. The van der Waals surface area contributed by atoms with Gasteiger partial charge in [-0.05, 0) is 15.9 Å². The molecule has 7 heteroatoms. The topological polar surface area (TPSA) is 59.4 Å². The van der Waals surface area contributed by atoms with Crippen molar-refractivity contribution in [1.29, 1.82) is 0 Å². The molecule has 1 saturated heterocycles. The normalized spacial score (nSPS) is 16.8. The molecule has 0 radical (unpaired) electrons. The monoisotopic (exact) mass is 316 g/mol. The first kappa shape index (κ1) is 13.5. The Hall–Kier alpha value is -0.920. The number of ether oxygens (including phenoxy) is 1. The summed E-state index contributed by atoms with van der Waals surface area (Å²) < 4.78 is 7.60. The summed E-state index contributed by atoms with van der Waals surface area (Å²) in [4.78, 5) is 14.1. The summed E-state index contributed by atoms with van der Waals surface area (Å²) in [5.74, 6) is -0.143. The molecule has 0 saturated carbocycles. The minimum atomic E-state index is -0.143. The maximum Gasteiger partial charge on any atom is 0.273 e. The lowest BCUT2D eigenvalue weighted by Gasteiger charge is -2.26. The molecule has 0 atom stereocenters. The fourth-order valence-electron chi connectivity index (χ4n) is 1.85. The quantitative estimate of drug-likeness (QED) is 0.865. The van der Waals surface area contributed by atoms with Crippen molar-refractivity contribution in [3.8, 4) is 0 Å². The summed E-state index contributed by atoms with van der Waals surface area (Å²) in [6, 6.07) is 0. The van der Waals surface area contributed by atoms with Crippen LogP contribution >= 0.6 is 15.9 Å². The lowest BCUT2D eigenvalue weighted by atomic mass is 10.4. The Morgan fingerprint density at radius 1 is 1.56 bits per heavy atom. The highest BCUT2D eigenvalue weighted by Crippen LogP contribution is 2.13. The van der Waals surface area contributed by atoms with Crippen LogP contribution < -0.4 is 5.32 Å². The summed E-state index contributed by atoms with van der Waals surface area (Å²) >= 11 is 3.32. The van der Waals surface area contributed by atoms with Crippen LogP contribution in [0.4, 0.5) is 0 Å². The summed E-state index contributed by atoms with van der Waals surface area (Å²) in [7, 11) is 1.79. The predicted molar refractivity (Wildman–Crippen MR) is 70.5 cm³/mol. The van der Waals surface area contributed by atoms with E-state index in [-0.39, 0.29) is 5.91 Å². The first-order valence-electron chi connectivity index (χ1n) is 5.94. The Bertz CT molecular complexity index is 415. The van der Waals surface area contributed by atoms with Crippen molar-refractivity contribution in [3.63, 3.8) is 0 Å². The van der Waals surface area contributed by atoms with Gasteiger partial charge in [0.2, 0.25) is 0 Å². The Morgan fingerprint density at radius 3 is 2.89 bits per heavy atom. The molecule has 0 spiro atoms. The number of halogens is 1. The number of nitrogens with zero attached hydrogens (tertiary/aromatic N) is 3. The van der Waals surface area contributed by atoms with E-state index >= 15 is 0 Å². The minimum absolute atomic E-state index is 0.143. The fraction of sp³-hybridized carbons (Fsp3) is 0.636. The molecule has 100 valence electrons. The van der Waals surface area contributed by atoms with Crippen LogP contribution in [0, 0.1) is 0 Å². The molecule has 18 heavy (non-hydrogen) atoms. The Labute approximate surface area is 114 Å². The van der Waals surface area contributed by atoms with E-state index in [1.807, 2.05) is 0 Å². The number of carbonyl (C=O) groups is 1. The summed E-state index contributed by atoms with van der Waals surface area (Å²) in [5, 5.41) is 6.97. The van der Waals surface area contributed by atoms with E-state index in [4.69, 9.17) is 4.74 Å². The molecule has 0 aromatic carbocycles. The number of morpholine rings is 1. The number of nitrogens with one attached hydrogen (secondary N) is 1. The third-order valence-corrected chi connectivity index (χ3v) is 3.40. The molecule has 1 aromatic rings. The molecule has 1 N–H and O–H groups in total. The van der Waals surface area contributed by atoms with Crippen LogP contribution in [0.1, 0.15) is 10.5 Å². The van der Waals surface area contributed by atoms with E-state index in [2.05, 4.69) is 31.2 Å². The Kier molecular flexibility index (Phi) is 4.73. The second-order valence-corrected chi connectivity index (χ2v) is 5.06. The van der Waals surface area contributed by atoms with Gasteiger partial charge >= 0.3 is 0 Å². The van der Waals surface area contributed by atoms with Gasteiger partial charge in [-0.25, -0.2) is 0 Å². The van der Waals surface area contributed by atoms with Gasteiger partial charge in [-0.2, -0.15) is 5.10 Å². The maximum atomic E-state index is 11.9. The number of amides is 1. The van der Waals surface area contributed by atoms with Crippen molar-refractivity contribution in [2.45, 2.75) is 0 Å². The van der Waals surface area contributed by atoms with Crippen molar-refractivity contribution < 1.29 is 9.53 Å². The smallest absolute Gasteiger partial charge is 0.273 e. The van der Waals surface area contributed by atoms with Crippen LogP contribution in [-0.2, 0) is 11.8 Å². The van der Waals surface area contributed by atoms with Gasteiger partial charge in [-0.1, -0.05) is 0 Å². The summed E-state index contributed by atoms with van der Waals surface area (Å²) in [6.45, 7) is 4.90. The lowest BCUT2D eigenvalue weighted by Crippen LogP contribution is -2.41. The van der Waals surface area contributed by atoms with Crippen molar-refractivity contribution in [2.24, 2.45) is 7.05 Å². The average molecular weight is 317 g/mol. The van der Waals surface area contributed by atoms with Crippen molar-refractivity contribution in [2.75, 3.05) is 39.4 Å². The molecule has 0 aliphatic carbocycles. The van der Waals surface area contributed by atoms with Crippen LogP contribution in [0.25, 0.3) is 0 Å². The van der Waals surface area contributed by atoms with E-state index in [0.717, 1.165) is 32.8 Å². The van der Waals surface area contributed by atoms with E-state index in [0.29, 0.717) is 16.7 Å². The van der Waals surface area contributed by atoms with Crippen LogP contribution in [0.2, 0.25) is 0 Å². The van der Waals surface area contributed by atoms with E-state index in [1.165, 1.54) is 0 Å². The first-order chi connectivity index (χ1) is 8.66. The molecule has 1 fully saturated rings. The minimum Gasteiger partial charge on any atom is -0.379 e. The van der Waals surface area contributed by atoms with Crippen LogP contribution in [0.5, 0.6) is 0 Å². The second kappa shape index (κ2) is 6.31. The van der Waals surface area contributed by atoms with Gasteiger partial charge in [0, 0.05) is 39.4 Å². The largest absolute Gasteiger partial charge is 0.379 e. The van der Waals surface area contributed by atoms with Gasteiger partial charge < -0.3 is 10.1 Å². The van der Waals surface area contributed by atoms with Gasteiger partial charge in [0.15, 0.2) is 5.69 Å². The van der Waals surface area contributed by atoms with Gasteiger partial charge in [-0.3, -0.25) is 14.4 Å². The van der Waals surface area contributed by atoms with Crippen LogP contribution in [0.3, 0.4) is 0 Å². The highest BCUT2D eigenvalue weighted by molar-refractivity contribution is 9.10. The third kappa shape index (κ3) is 3.54. The number of carbonyl (C=O) groups excluding carboxylic acids is 1. The molecule has 1 aromatic heterocycles. The molecule has 0 unspecified atom stereocenters. The van der Waals surface area contributed by atoms with E-state index < -0.39 is 0 Å². The number of rotatable bonds is 4. The number of aryl methyl sites for hydroxylation is 1. The molecule has 1 amide bonds. The molecule has 2 heterocycles. The SMILES string of the molecule is Cn1cc(Br)c(C(=O)NCCN2CCOCC2)n1. The van der Waals surface area contributed by atoms with Crippen molar-refractivity contribution >= 4 is 21.8 Å². The summed E-state index contributed by atoms with van der Waals surface area (Å²) in [6.07, 6.45) is 1.76.